The Hall–Kier alpha value is -1.55. The van der Waals surface area contributed by atoms with E-state index in [4.69, 9.17) is 0 Å². The summed E-state index contributed by atoms with van der Waals surface area (Å²) in [6, 6.07) is 9.18. The molecule has 2 fully saturated rings. The van der Waals surface area contributed by atoms with E-state index in [2.05, 4.69) is 41.5 Å². The van der Waals surface area contributed by atoms with Gasteiger partial charge >= 0.3 is 6.03 Å². The van der Waals surface area contributed by atoms with Crippen LogP contribution < -0.4 is 10.6 Å². The molecule has 2 amide bonds. The molecule has 1 saturated carbocycles. The third kappa shape index (κ3) is 4.01. The molecular formula is C18H27N3O. The lowest BCUT2D eigenvalue weighted by molar-refractivity contribution is 0.189. The van der Waals surface area contributed by atoms with Crippen LogP contribution in [0.15, 0.2) is 24.3 Å². The van der Waals surface area contributed by atoms with Crippen LogP contribution in [-0.2, 0) is 0 Å². The van der Waals surface area contributed by atoms with Crippen LogP contribution >= 0.6 is 0 Å². The molecule has 4 heteroatoms. The van der Waals surface area contributed by atoms with Crippen LogP contribution in [0.5, 0.6) is 0 Å². The Morgan fingerprint density at radius 2 is 1.73 bits per heavy atom. The largest absolute Gasteiger partial charge is 0.335 e. The lowest BCUT2D eigenvalue weighted by Gasteiger charge is -2.32. The van der Waals surface area contributed by atoms with Crippen LogP contribution in [-0.4, -0.2) is 36.1 Å². The number of hydrogen-bond acceptors (Lipinski definition) is 2. The van der Waals surface area contributed by atoms with Crippen LogP contribution in [0.3, 0.4) is 0 Å². The number of urea groups is 1. The first-order chi connectivity index (χ1) is 10.6. The summed E-state index contributed by atoms with van der Waals surface area (Å²) >= 11 is 0. The summed E-state index contributed by atoms with van der Waals surface area (Å²) in [7, 11) is 0. The number of benzene rings is 1. The van der Waals surface area contributed by atoms with Gasteiger partial charge in [-0.3, -0.25) is 0 Å². The van der Waals surface area contributed by atoms with Gasteiger partial charge in [0.1, 0.15) is 0 Å². The van der Waals surface area contributed by atoms with E-state index in [-0.39, 0.29) is 6.03 Å². The standard InChI is InChI=1S/C18H27N3O/c1-13(2)14-3-5-15(6-4-14)19-18(22)20-16-9-11-21(12-10-16)17-7-8-17/h3-6,13,16-17H,7-12H2,1-2H3,(H2,19,20,22). The van der Waals surface area contributed by atoms with Gasteiger partial charge in [0.2, 0.25) is 0 Å². The van der Waals surface area contributed by atoms with Crippen molar-refractivity contribution in [3.63, 3.8) is 0 Å². The second kappa shape index (κ2) is 6.69. The smallest absolute Gasteiger partial charge is 0.319 e. The third-order valence-electron chi connectivity index (χ3n) is 4.76. The number of nitrogens with one attached hydrogen (secondary N) is 2. The summed E-state index contributed by atoms with van der Waals surface area (Å²) in [6.45, 7) is 6.59. The van der Waals surface area contributed by atoms with E-state index in [9.17, 15) is 4.79 Å². The molecular weight excluding hydrogens is 274 g/mol. The number of likely N-dealkylation sites (tertiary alicyclic amines) is 1. The van der Waals surface area contributed by atoms with Gasteiger partial charge in [-0.2, -0.15) is 0 Å². The van der Waals surface area contributed by atoms with Crippen LogP contribution in [0.2, 0.25) is 0 Å². The SMILES string of the molecule is CC(C)c1ccc(NC(=O)NC2CCN(C3CC3)CC2)cc1. The number of rotatable bonds is 4. The van der Waals surface area contributed by atoms with Gasteiger partial charge in [0.25, 0.3) is 0 Å². The first kappa shape index (κ1) is 15.3. The number of piperidine rings is 1. The summed E-state index contributed by atoms with van der Waals surface area (Å²) in [5.74, 6) is 0.513. The van der Waals surface area contributed by atoms with E-state index in [1.165, 1.54) is 18.4 Å². The molecule has 1 aromatic carbocycles. The highest BCUT2D eigenvalue weighted by Gasteiger charge is 2.32. The molecule has 1 saturated heterocycles. The van der Waals surface area contributed by atoms with Gasteiger partial charge in [-0.25, -0.2) is 4.79 Å². The average molecular weight is 301 g/mol. The Morgan fingerprint density at radius 1 is 1.09 bits per heavy atom. The molecule has 0 aromatic heterocycles. The van der Waals surface area contributed by atoms with Gasteiger partial charge < -0.3 is 15.5 Å². The molecule has 1 heterocycles. The average Bonchev–Trinajstić information content (AvgIpc) is 3.33. The molecule has 0 bridgehead atoms. The minimum atomic E-state index is -0.0813. The molecule has 2 N–H and O–H groups in total. The molecule has 0 atom stereocenters. The van der Waals surface area contributed by atoms with Gasteiger partial charge in [-0.15, -0.1) is 0 Å². The van der Waals surface area contributed by atoms with Gasteiger partial charge in [-0.1, -0.05) is 26.0 Å². The van der Waals surface area contributed by atoms with Crippen molar-refractivity contribution in [2.45, 2.75) is 57.5 Å². The minimum absolute atomic E-state index is 0.0813. The maximum atomic E-state index is 12.1. The molecule has 1 aromatic rings. The van der Waals surface area contributed by atoms with Gasteiger partial charge in [-0.05, 0) is 49.3 Å². The van der Waals surface area contributed by atoms with Gasteiger partial charge in [0, 0.05) is 30.9 Å². The highest BCUT2D eigenvalue weighted by molar-refractivity contribution is 5.89. The molecule has 22 heavy (non-hydrogen) atoms. The van der Waals surface area contributed by atoms with Gasteiger partial charge in [0.05, 0.1) is 0 Å². The van der Waals surface area contributed by atoms with E-state index >= 15 is 0 Å². The molecule has 1 aliphatic carbocycles. The normalized spacial score (nSPS) is 20.1. The number of anilines is 1. The summed E-state index contributed by atoms with van der Waals surface area (Å²) < 4.78 is 0. The number of nitrogens with zero attached hydrogens (tertiary/aromatic N) is 1. The van der Waals surface area contributed by atoms with Crippen molar-refractivity contribution in [2.75, 3.05) is 18.4 Å². The Bertz CT molecular complexity index is 500. The monoisotopic (exact) mass is 301 g/mol. The summed E-state index contributed by atoms with van der Waals surface area (Å²) in [6.07, 6.45) is 4.86. The van der Waals surface area contributed by atoms with Crippen molar-refractivity contribution >= 4 is 11.7 Å². The van der Waals surface area contributed by atoms with Crippen molar-refractivity contribution in [1.29, 1.82) is 0 Å². The molecule has 1 aliphatic heterocycles. The Kier molecular flexibility index (Phi) is 4.67. The Morgan fingerprint density at radius 3 is 2.27 bits per heavy atom. The second-order valence-electron chi connectivity index (χ2n) is 6.92. The topological polar surface area (TPSA) is 44.4 Å². The van der Waals surface area contributed by atoms with E-state index < -0.39 is 0 Å². The summed E-state index contributed by atoms with van der Waals surface area (Å²) in [5.41, 5.74) is 2.15. The predicted molar refractivity (Wildman–Crippen MR) is 90.3 cm³/mol. The lowest BCUT2D eigenvalue weighted by Crippen LogP contribution is -2.46. The molecule has 4 nitrogen and oxygen atoms in total. The molecule has 3 rings (SSSR count). The fourth-order valence-electron chi connectivity index (χ4n) is 3.15. The molecule has 120 valence electrons. The second-order valence-corrected chi connectivity index (χ2v) is 6.92. The Labute approximate surface area is 133 Å². The van der Waals surface area contributed by atoms with E-state index in [1.807, 2.05) is 12.1 Å². The van der Waals surface area contributed by atoms with Crippen molar-refractivity contribution in [3.05, 3.63) is 29.8 Å². The van der Waals surface area contributed by atoms with E-state index in [0.717, 1.165) is 37.7 Å². The number of amides is 2. The highest BCUT2D eigenvalue weighted by Crippen LogP contribution is 2.29. The van der Waals surface area contributed by atoms with Crippen LogP contribution in [0, 0.1) is 0 Å². The highest BCUT2D eigenvalue weighted by atomic mass is 16.2. The minimum Gasteiger partial charge on any atom is -0.335 e. The van der Waals surface area contributed by atoms with Crippen molar-refractivity contribution in [3.8, 4) is 0 Å². The first-order valence-electron chi connectivity index (χ1n) is 8.53. The van der Waals surface area contributed by atoms with Crippen LogP contribution in [0.4, 0.5) is 10.5 Å². The molecule has 0 radical (unpaired) electrons. The zero-order valence-electron chi connectivity index (χ0n) is 13.6. The molecule has 0 unspecified atom stereocenters. The predicted octanol–water partition coefficient (Wildman–Crippen LogP) is 3.56. The summed E-state index contributed by atoms with van der Waals surface area (Å²) in [5, 5.41) is 6.05. The van der Waals surface area contributed by atoms with E-state index in [1.54, 1.807) is 0 Å². The quantitative estimate of drug-likeness (QED) is 0.893. The molecule has 0 spiro atoms. The molecule has 2 aliphatic rings. The number of carbonyl (C=O) groups is 1. The van der Waals surface area contributed by atoms with Crippen LogP contribution in [0.1, 0.15) is 51.0 Å². The van der Waals surface area contributed by atoms with Gasteiger partial charge in [0.15, 0.2) is 0 Å². The zero-order valence-corrected chi connectivity index (χ0v) is 13.6. The zero-order chi connectivity index (χ0) is 15.5. The number of hydrogen-bond donors (Lipinski definition) is 2. The fourth-order valence-corrected chi connectivity index (χ4v) is 3.15. The third-order valence-corrected chi connectivity index (χ3v) is 4.76. The maximum absolute atomic E-state index is 12.1. The maximum Gasteiger partial charge on any atom is 0.319 e. The van der Waals surface area contributed by atoms with E-state index in [0.29, 0.717) is 12.0 Å². The number of carbonyl (C=O) groups excluding carboxylic acids is 1. The van der Waals surface area contributed by atoms with Crippen LogP contribution in [0.25, 0.3) is 0 Å². The first-order valence-corrected chi connectivity index (χ1v) is 8.53. The Balaban J connectivity index is 1.44. The summed E-state index contributed by atoms with van der Waals surface area (Å²) in [4.78, 5) is 14.7. The fraction of sp³-hybridized carbons (Fsp3) is 0.611. The lowest BCUT2D eigenvalue weighted by atomic mass is 10.0. The van der Waals surface area contributed by atoms with Crippen molar-refractivity contribution in [2.24, 2.45) is 0 Å². The van der Waals surface area contributed by atoms with Crippen molar-refractivity contribution < 1.29 is 4.79 Å². The van der Waals surface area contributed by atoms with Crippen molar-refractivity contribution in [1.82, 2.24) is 10.2 Å².